The number of nitrogens with two attached hydrogens (primary N) is 1. The molecule has 90 valence electrons. The maximum Gasteiger partial charge on any atom is 0.0702 e. The zero-order chi connectivity index (χ0) is 11.5. The van der Waals surface area contributed by atoms with Crippen molar-refractivity contribution in [3.8, 4) is 0 Å². The van der Waals surface area contributed by atoms with Crippen molar-refractivity contribution in [1.82, 2.24) is 4.90 Å². The summed E-state index contributed by atoms with van der Waals surface area (Å²) in [5, 5.41) is 0. The van der Waals surface area contributed by atoms with Crippen LogP contribution in [0.1, 0.15) is 17.8 Å². The highest BCUT2D eigenvalue weighted by Crippen LogP contribution is 2.31. The fourth-order valence-electron chi connectivity index (χ4n) is 2.13. The molecule has 0 radical (unpaired) electrons. The van der Waals surface area contributed by atoms with Crippen LogP contribution in [0.4, 0.5) is 0 Å². The second-order valence-electron chi connectivity index (χ2n) is 4.06. The van der Waals surface area contributed by atoms with Gasteiger partial charge in [-0.25, -0.2) is 0 Å². The zero-order valence-corrected chi connectivity index (χ0v) is 11.8. The Hall–Kier alpha value is 0.0600. The van der Waals surface area contributed by atoms with Gasteiger partial charge in [-0.3, -0.25) is 4.90 Å². The van der Waals surface area contributed by atoms with Crippen molar-refractivity contribution >= 4 is 27.3 Å². The molecule has 1 saturated heterocycles. The van der Waals surface area contributed by atoms with E-state index in [1.54, 1.807) is 11.3 Å². The summed E-state index contributed by atoms with van der Waals surface area (Å²) in [7, 11) is 0. The van der Waals surface area contributed by atoms with E-state index in [2.05, 4.69) is 39.9 Å². The van der Waals surface area contributed by atoms with Gasteiger partial charge in [0, 0.05) is 24.0 Å². The van der Waals surface area contributed by atoms with Crippen molar-refractivity contribution in [2.75, 3.05) is 26.3 Å². The van der Waals surface area contributed by atoms with Crippen LogP contribution in [0.3, 0.4) is 0 Å². The highest BCUT2D eigenvalue weighted by molar-refractivity contribution is 9.11. The average Bonchev–Trinajstić information content (AvgIpc) is 2.69. The van der Waals surface area contributed by atoms with Crippen molar-refractivity contribution in [1.29, 1.82) is 0 Å². The SMILES string of the molecule is CC1COCCN1C(CN)c1ccc(Br)s1. The maximum atomic E-state index is 5.92. The third kappa shape index (κ3) is 2.65. The summed E-state index contributed by atoms with van der Waals surface area (Å²) in [5.74, 6) is 0. The van der Waals surface area contributed by atoms with E-state index in [-0.39, 0.29) is 0 Å². The van der Waals surface area contributed by atoms with Crippen LogP contribution in [0.25, 0.3) is 0 Å². The molecule has 1 aromatic rings. The van der Waals surface area contributed by atoms with E-state index >= 15 is 0 Å². The van der Waals surface area contributed by atoms with Crippen molar-refractivity contribution in [3.63, 3.8) is 0 Å². The zero-order valence-electron chi connectivity index (χ0n) is 9.36. The van der Waals surface area contributed by atoms with Gasteiger partial charge < -0.3 is 10.5 Å². The van der Waals surface area contributed by atoms with Crippen molar-refractivity contribution < 1.29 is 4.74 Å². The number of hydrogen-bond donors (Lipinski definition) is 1. The van der Waals surface area contributed by atoms with Crippen LogP contribution < -0.4 is 5.73 Å². The fraction of sp³-hybridized carbons (Fsp3) is 0.636. The maximum absolute atomic E-state index is 5.92. The van der Waals surface area contributed by atoms with E-state index in [4.69, 9.17) is 10.5 Å². The first kappa shape index (κ1) is 12.5. The van der Waals surface area contributed by atoms with Crippen LogP contribution in [-0.4, -0.2) is 37.2 Å². The Kier molecular flexibility index (Phi) is 4.38. The molecule has 3 nitrogen and oxygen atoms in total. The Balaban J connectivity index is 2.14. The van der Waals surface area contributed by atoms with E-state index < -0.39 is 0 Å². The molecule has 0 bridgehead atoms. The van der Waals surface area contributed by atoms with Crippen LogP contribution >= 0.6 is 27.3 Å². The quantitative estimate of drug-likeness (QED) is 0.931. The lowest BCUT2D eigenvalue weighted by molar-refractivity contribution is -0.0202. The average molecular weight is 305 g/mol. The first-order valence-electron chi connectivity index (χ1n) is 5.51. The van der Waals surface area contributed by atoms with Crippen molar-refractivity contribution in [2.45, 2.75) is 19.0 Å². The third-order valence-corrected chi connectivity index (χ3v) is 4.69. The summed E-state index contributed by atoms with van der Waals surface area (Å²) in [6, 6.07) is 5.03. The van der Waals surface area contributed by atoms with E-state index in [0.29, 0.717) is 18.6 Å². The third-order valence-electron chi connectivity index (χ3n) is 2.97. The Labute approximate surface area is 109 Å². The lowest BCUT2D eigenvalue weighted by Gasteiger charge is -2.38. The number of morpholine rings is 1. The predicted octanol–water partition coefficient (Wildman–Crippen LogP) is 2.23. The lowest BCUT2D eigenvalue weighted by Crippen LogP contribution is -2.47. The van der Waals surface area contributed by atoms with Gasteiger partial charge in [-0.2, -0.15) is 0 Å². The summed E-state index contributed by atoms with van der Waals surface area (Å²) >= 11 is 5.27. The number of ether oxygens (including phenoxy) is 1. The molecule has 16 heavy (non-hydrogen) atoms. The van der Waals surface area contributed by atoms with Crippen molar-refractivity contribution in [3.05, 3.63) is 20.8 Å². The Bertz CT molecular complexity index is 344. The van der Waals surface area contributed by atoms with Gasteiger partial charge in [-0.1, -0.05) is 0 Å². The molecule has 0 aromatic carbocycles. The molecule has 1 aliphatic heterocycles. The molecule has 2 unspecified atom stereocenters. The van der Waals surface area contributed by atoms with Gasteiger partial charge in [0.05, 0.1) is 23.0 Å². The molecular weight excluding hydrogens is 288 g/mol. The monoisotopic (exact) mass is 304 g/mol. The van der Waals surface area contributed by atoms with Gasteiger partial charge in [0.2, 0.25) is 0 Å². The normalized spacial score (nSPS) is 24.6. The Morgan fingerprint density at radius 1 is 1.69 bits per heavy atom. The Morgan fingerprint density at radius 3 is 3.06 bits per heavy atom. The number of halogens is 1. The van der Waals surface area contributed by atoms with Gasteiger partial charge in [-0.15, -0.1) is 11.3 Å². The second-order valence-corrected chi connectivity index (χ2v) is 6.55. The molecule has 1 aromatic heterocycles. The molecule has 0 saturated carbocycles. The summed E-state index contributed by atoms with van der Waals surface area (Å²) in [6.45, 7) is 5.46. The topological polar surface area (TPSA) is 38.5 Å². The molecule has 2 N–H and O–H groups in total. The van der Waals surface area contributed by atoms with Crippen LogP contribution in [-0.2, 0) is 4.74 Å². The Morgan fingerprint density at radius 2 is 2.50 bits per heavy atom. The minimum absolute atomic E-state index is 0.329. The van der Waals surface area contributed by atoms with Crippen LogP contribution in [0, 0.1) is 0 Å². The smallest absolute Gasteiger partial charge is 0.0702 e. The van der Waals surface area contributed by atoms with Crippen LogP contribution in [0.2, 0.25) is 0 Å². The van der Waals surface area contributed by atoms with Gasteiger partial charge in [0.15, 0.2) is 0 Å². The van der Waals surface area contributed by atoms with Crippen LogP contribution in [0.15, 0.2) is 15.9 Å². The van der Waals surface area contributed by atoms with E-state index in [0.717, 1.165) is 19.8 Å². The molecule has 2 rings (SSSR count). The fourth-order valence-corrected chi connectivity index (χ4v) is 3.68. The number of hydrogen-bond acceptors (Lipinski definition) is 4. The summed E-state index contributed by atoms with van der Waals surface area (Å²) < 4.78 is 6.63. The van der Waals surface area contributed by atoms with E-state index in [9.17, 15) is 0 Å². The number of rotatable bonds is 3. The lowest BCUT2D eigenvalue weighted by atomic mass is 10.1. The second kappa shape index (κ2) is 5.60. The molecule has 1 fully saturated rings. The summed E-state index contributed by atoms with van der Waals surface area (Å²) in [6.07, 6.45) is 0. The molecule has 5 heteroatoms. The summed E-state index contributed by atoms with van der Waals surface area (Å²) in [4.78, 5) is 3.78. The van der Waals surface area contributed by atoms with Gasteiger partial charge in [-0.05, 0) is 35.0 Å². The van der Waals surface area contributed by atoms with Gasteiger partial charge in [0.1, 0.15) is 0 Å². The number of nitrogens with zero attached hydrogens (tertiary/aromatic N) is 1. The molecule has 0 spiro atoms. The number of thiophene rings is 1. The van der Waals surface area contributed by atoms with Crippen LogP contribution in [0.5, 0.6) is 0 Å². The summed E-state index contributed by atoms with van der Waals surface area (Å²) in [5.41, 5.74) is 5.92. The standard InChI is InChI=1S/C11H17BrN2OS/c1-8-7-15-5-4-14(8)9(6-13)10-2-3-11(12)16-10/h2-3,8-9H,4-7,13H2,1H3. The molecule has 2 heterocycles. The van der Waals surface area contributed by atoms with Gasteiger partial charge in [0.25, 0.3) is 0 Å². The minimum atomic E-state index is 0.329. The molecule has 1 aliphatic rings. The largest absolute Gasteiger partial charge is 0.379 e. The predicted molar refractivity (Wildman–Crippen MR) is 70.8 cm³/mol. The van der Waals surface area contributed by atoms with E-state index in [1.807, 2.05) is 0 Å². The molecular formula is C11H17BrN2OS. The first-order valence-corrected chi connectivity index (χ1v) is 7.12. The van der Waals surface area contributed by atoms with E-state index in [1.165, 1.54) is 8.66 Å². The molecule has 2 atom stereocenters. The highest BCUT2D eigenvalue weighted by atomic mass is 79.9. The highest BCUT2D eigenvalue weighted by Gasteiger charge is 2.27. The molecule has 0 aliphatic carbocycles. The van der Waals surface area contributed by atoms with Crippen molar-refractivity contribution in [2.24, 2.45) is 5.73 Å². The van der Waals surface area contributed by atoms with Gasteiger partial charge >= 0.3 is 0 Å². The molecule has 0 amide bonds. The first-order chi connectivity index (χ1) is 7.72. The minimum Gasteiger partial charge on any atom is -0.379 e.